The Labute approximate surface area is 188 Å². The van der Waals surface area contributed by atoms with E-state index in [4.69, 9.17) is 32.7 Å². The number of amides is 2. The molecule has 160 valence electrons. The summed E-state index contributed by atoms with van der Waals surface area (Å²) in [5.74, 6) is 1.01. The molecule has 0 saturated heterocycles. The Morgan fingerprint density at radius 2 is 1.90 bits per heavy atom. The molecular formula is C21H18Cl2N4O4. The Morgan fingerprint density at radius 1 is 1.13 bits per heavy atom. The van der Waals surface area contributed by atoms with Gasteiger partial charge in [-0.3, -0.25) is 9.59 Å². The highest BCUT2D eigenvalue weighted by molar-refractivity contribution is 6.42. The molecule has 0 fully saturated rings. The molecule has 0 spiro atoms. The van der Waals surface area contributed by atoms with Crippen molar-refractivity contribution in [1.82, 2.24) is 9.78 Å². The predicted octanol–water partition coefficient (Wildman–Crippen LogP) is 4.40. The van der Waals surface area contributed by atoms with Crippen LogP contribution in [0.3, 0.4) is 0 Å². The largest absolute Gasteiger partial charge is 0.493 e. The Bertz CT molecular complexity index is 1180. The van der Waals surface area contributed by atoms with Gasteiger partial charge in [-0.05, 0) is 35.9 Å². The molecule has 0 aliphatic carbocycles. The normalized spacial score (nSPS) is 14.7. The molecule has 4 rings (SSSR count). The zero-order valence-corrected chi connectivity index (χ0v) is 18.1. The lowest BCUT2D eigenvalue weighted by atomic mass is 10.1. The van der Waals surface area contributed by atoms with Gasteiger partial charge in [-0.15, -0.1) is 0 Å². The number of carbonyl (C=O) groups is 2. The van der Waals surface area contributed by atoms with Crippen LogP contribution in [0, 0.1) is 0 Å². The maximum atomic E-state index is 12.6. The zero-order chi connectivity index (χ0) is 22.1. The van der Waals surface area contributed by atoms with E-state index in [1.54, 1.807) is 50.7 Å². The summed E-state index contributed by atoms with van der Waals surface area (Å²) >= 11 is 11.9. The highest BCUT2D eigenvalue weighted by Gasteiger charge is 2.35. The molecule has 2 amide bonds. The van der Waals surface area contributed by atoms with Gasteiger partial charge < -0.3 is 20.1 Å². The molecular weight excluding hydrogens is 443 g/mol. The molecule has 8 nitrogen and oxygen atoms in total. The Balaban J connectivity index is 1.55. The Morgan fingerprint density at radius 3 is 2.61 bits per heavy atom. The van der Waals surface area contributed by atoms with Gasteiger partial charge in [0, 0.05) is 11.3 Å². The molecule has 10 heteroatoms. The molecule has 0 radical (unpaired) electrons. The average Bonchev–Trinajstić information content (AvgIpc) is 3.29. The van der Waals surface area contributed by atoms with E-state index in [-0.39, 0.29) is 18.2 Å². The van der Waals surface area contributed by atoms with E-state index in [0.717, 1.165) is 5.56 Å². The number of benzene rings is 2. The van der Waals surface area contributed by atoms with Crippen LogP contribution < -0.4 is 20.1 Å². The Kier molecular flexibility index (Phi) is 5.75. The first-order valence-electron chi connectivity index (χ1n) is 9.27. The maximum absolute atomic E-state index is 12.6. The van der Waals surface area contributed by atoms with Crippen molar-refractivity contribution >= 4 is 46.5 Å². The van der Waals surface area contributed by atoms with E-state index in [9.17, 15) is 9.59 Å². The van der Waals surface area contributed by atoms with Crippen molar-refractivity contribution in [2.45, 2.75) is 12.5 Å². The monoisotopic (exact) mass is 460 g/mol. The van der Waals surface area contributed by atoms with E-state index < -0.39 is 6.04 Å². The minimum Gasteiger partial charge on any atom is -0.493 e. The minimum atomic E-state index is -0.772. The SMILES string of the molecule is COc1ccc(-c2cnn3c2NC(=O)C3CC(=O)Nc2ccc(Cl)c(Cl)c2)cc1OC. The lowest BCUT2D eigenvalue weighted by Crippen LogP contribution is -2.23. The Hall–Kier alpha value is -3.23. The van der Waals surface area contributed by atoms with Gasteiger partial charge >= 0.3 is 0 Å². The molecule has 0 bridgehead atoms. The number of carbonyl (C=O) groups excluding carboxylic acids is 2. The van der Waals surface area contributed by atoms with Gasteiger partial charge in [-0.2, -0.15) is 5.10 Å². The lowest BCUT2D eigenvalue weighted by molar-refractivity contribution is -0.123. The van der Waals surface area contributed by atoms with Crippen molar-refractivity contribution in [3.05, 3.63) is 52.6 Å². The van der Waals surface area contributed by atoms with Crippen LogP contribution in [0.1, 0.15) is 12.5 Å². The van der Waals surface area contributed by atoms with Crippen LogP contribution in [-0.2, 0) is 9.59 Å². The molecule has 2 aromatic carbocycles. The summed E-state index contributed by atoms with van der Waals surface area (Å²) in [6.07, 6.45) is 1.55. The van der Waals surface area contributed by atoms with Crippen molar-refractivity contribution in [1.29, 1.82) is 0 Å². The van der Waals surface area contributed by atoms with Gasteiger partial charge in [0.1, 0.15) is 11.9 Å². The van der Waals surface area contributed by atoms with E-state index in [0.29, 0.717) is 38.6 Å². The van der Waals surface area contributed by atoms with Crippen LogP contribution in [0.5, 0.6) is 11.5 Å². The number of nitrogens with one attached hydrogen (secondary N) is 2. The number of ether oxygens (including phenoxy) is 2. The third-order valence-corrected chi connectivity index (χ3v) is 5.65. The average molecular weight is 461 g/mol. The summed E-state index contributed by atoms with van der Waals surface area (Å²) in [6, 6.07) is 9.41. The van der Waals surface area contributed by atoms with Gasteiger partial charge in [-0.25, -0.2) is 4.68 Å². The first-order chi connectivity index (χ1) is 14.9. The van der Waals surface area contributed by atoms with Crippen LogP contribution in [0.25, 0.3) is 11.1 Å². The fourth-order valence-corrected chi connectivity index (χ4v) is 3.69. The summed E-state index contributed by atoms with van der Waals surface area (Å²) < 4.78 is 12.1. The van der Waals surface area contributed by atoms with Gasteiger partial charge in [0.25, 0.3) is 5.91 Å². The molecule has 1 atom stereocenters. The highest BCUT2D eigenvalue weighted by Crippen LogP contribution is 2.39. The quantitative estimate of drug-likeness (QED) is 0.568. The zero-order valence-electron chi connectivity index (χ0n) is 16.6. The second-order valence-corrected chi connectivity index (χ2v) is 7.62. The van der Waals surface area contributed by atoms with Crippen molar-refractivity contribution in [2.75, 3.05) is 24.9 Å². The highest BCUT2D eigenvalue weighted by atomic mass is 35.5. The smallest absolute Gasteiger partial charge is 0.251 e. The standard InChI is InChI=1S/C21H18Cl2N4O4/c1-30-17-6-3-11(7-18(17)31-2)13-10-24-27-16(21(29)26-20(13)27)9-19(28)25-12-4-5-14(22)15(23)8-12/h3-8,10,16H,9H2,1-2H3,(H,25,28)(H,26,29). The fraction of sp³-hybridized carbons (Fsp3) is 0.190. The van der Waals surface area contributed by atoms with Crippen molar-refractivity contribution in [3.63, 3.8) is 0 Å². The fourth-order valence-electron chi connectivity index (χ4n) is 3.39. The molecule has 1 aromatic heterocycles. The predicted molar refractivity (Wildman–Crippen MR) is 118 cm³/mol. The molecule has 2 heterocycles. The maximum Gasteiger partial charge on any atom is 0.251 e. The number of rotatable bonds is 6. The second kappa shape index (κ2) is 8.49. The number of anilines is 2. The van der Waals surface area contributed by atoms with Crippen molar-refractivity contribution in [3.8, 4) is 22.6 Å². The molecule has 1 aliphatic heterocycles. The summed E-state index contributed by atoms with van der Waals surface area (Å²) in [4.78, 5) is 25.1. The number of hydrogen-bond acceptors (Lipinski definition) is 5. The van der Waals surface area contributed by atoms with Crippen molar-refractivity contribution in [2.24, 2.45) is 0 Å². The van der Waals surface area contributed by atoms with Gasteiger partial charge in [0.05, 0.1) is 36.9 Å². The number of hydrogen-bond donors (Lipinski definition) is 2. The number of aromatic nitrogens is 2. The van der Waals surface area contributed by atoms with Gasteiger partial charge in [-0.1, -0.05) is 29.3 Å². The molecule has 2 N–H and O–H groups in total. The van der Waals surface area contributed by atoms with E-state index in [1.165, 1.54) is 4.68 Å². The minimum absolute atomic E-state index is 0.0911. The van der Waals surface area contributed by atoms with Crippen LogP contribution in [-0.4, -0.2) is 35.8 Å². The summed E-state index contributed by atoms with van der Waals surface area (Å²) in [6.45, 7) is 0. The second-order valence-electron chi connectivity index (χ2n) is 6.81. The third kappa shape index (κ3) is 4.04. The first-order valence-corrected chi connectivity index (χ1v) is 10.0. The van der Waals surface area contributed by atoms with Crippen molar-refractivity contribution < 1.29 is 19.1 Å². The van der Waals surface area contributed by atoms with E-state index in [1.807, 2.05) is 6.07 Å². The summed E-state index contributed by atoms with van der Waals surface area (Å²) in [5.41, 5.74) is 1.99. The van der Waals surface area contributed by atoms with Gasteiger partial charge in [0.2, 0.25) is 5.91 Å². The molecule has 1 unspecified atom stereocenters. The van der Waals surface area contributed by atoms with E-state index in [2.05, 4.69) is 15.7 Å². The summed E-state index contributed by atoms with van der Waals surface area (Å²) in [7, 11) is 3.11. The molecule has 3 aromatic rings. The first kappa shape index (κ1) is 21.0. The number of fused-ring (bicyclic) bond motifs is 1. The molecule has 31 heavy (non-hydrogen) atoms. The van der Waals surface area contributed by atoms with E-state index >= 15 is 0 Å². The molecule has 1 aliphatic rings. The third-order valence-electron chi connectivity index (χ3n) is 4.91. The number of methoxy groups -OCH3 is 2. The van der Waals surface area contributed by atoms with Crippen LogP contribution in [0.2, 0.25) is 10.0 Å². The number of nitrogens with zero attached hydrogens (tertiary/aromatic N) is 2. The molecule has 0 saturated carbocycles. The summed E-state index contributed by atoms with van der Waals surface area (Å²) in [5, 5.41) is 10.6. The van der Waals surface area contributed by atoms with Crippen LogP contribution in [0.4, 0.5) is 11.5 Å². The lowest BCUT2D eigenvalue weighted by Gasteiger charge is -2.10. The topological polar surface area (TPSA) is 94.5 Å². The van der Waals surface area contributed by atoms with Gasteiger partial charge in [0.15, 0.2) is 11.5 Å². The van der Waals surface area contributed by atoms with Crippen LogP contribution >= 0.6 is 23.2 Å². The van der Waals surface area contributed by atoms with Crippen LogP contribution in [0.15, 0.2) is 42.6 Å². The number of halogens is 2.